The molecule has 0 aliphatic heterocycles. The third kappa shape index (κ3) is 4.46. The second-order valence-corrected chi connectivity index (χ2v) is 8.41. The largest absolute Gasteiger partial charge is 0.453 e. The molecule has 1 aliphatic rings. The van der Waals surface area contributed by atoms with Crippen molar-refractivity contribution < 1.29 is 23.7 Å². The summed E-state index contributed by atoms with van der Waals surface area (Å²) in [7, 11) is 0. The van der Waals surface area contributed by atoms with E-state index < -0.39 is 16.8 Å². The number of nitrogens with zero attached hydrogens (tertiary/aromatic N) is 2. The Kier molecular flexibility index (Phi) is 6.03. The number of rotatable bonds is 5. The van der Waals surface area contributed by atoms with Gasteiger partial charge in [0.05, 0.1) is 10.6 Å². The van der Waals surface area contributed by atoms with Crippen molar-refractivity contribution in [2.24, 2.45) is 5.10 Å². The number of furan rings is 1. The van der Waals surface area contributed by atoms with Crippen molar-refractivity contribution in [3.05, 3.63) is 105 Å². The summed E-state index contributed by atoms with van der Waals surface area (Å²) in [6.45, 7) is 1.75. The Morgan fingerprint density at radius 1 is 1.03 bits per heavy atom. The normalized spacial score (nSPS) is 13.9. The molecule has 1 amide bonds. The molecule has 36 heavy (non-hydrogen) atoms. The highest BCUT2D eigenvalue weighted by atomic mass is 16.6. The van der Waals surface area contributed by atoms with Gasteiger partial charge in [-0.3, -0.25) is 14.9 Å². The lowest BCUT2D eigenvalue weighted by molar-refractivity contribution is -0.384. The average Bonchev–Trinajstić information content (AvgIpc) is 3.24. The van der Waals surface area contributed by atoms with Crippen LogP contribution in [0.4, 0.5) is 5.69 Å². The minimum atomic E-state index is -0.614. The van der Waals surface area contributed by atoms with Crippen molar-refractivity contribution in [3.63, 3.8) is 0 Å². The number of hydrogen-bond donors (Lipinski definition) is 1. The molecule has 0 saturated heterocycles. The van der Waals surface area contributed by atoms with Crippen LogP contribution in [0.2, 0.25) is 0 Å². The molecule has 180 valence electrons. The highest BCUT2D eigenvalue weighted by molar-refractivity contribution is 6.07. The third-order valence-corrected chi connectivity index (χ3v) is 6.05. The third-order valence-electron chi connectivity index (χ3n) is 6.05. The fourth-order valence-corrected chi connectivity index (χ4v) is 4.30. The van der Waals surface area contributed by atoms with Crippen molar-refractivity contribution in [1.29, 1.82) is 0 Å². The maximum absolute atomic E-state index is 13.0. The molecular weight excluding hydrogens is 462 g/mol. The Balaban J connectivity index is 1.37. The number of esters is 1. The van der Waals surface area contributed by atoms with Crippen molar-refractivity contribution >= 4 is 34.0 Å². The topological polar surface area (TPSA) is 124 Å². The van der Waals surface area contributed by atoms with Gasteiger partial charge in [0.1, 0.15) is 11.5 Å². The van der Waals surface area contributed by atoms with Gasteiger partial charge in [-0.25, -0.2) is 10.2 Å². The maximum atomic E-state index is 13.0. The fraction of sp³-hybridized carbons (Fsp3) is 0.148. The lowest BCUT2D eigenvalue weighted by Crippen LogP contribution is -2.22. The Labute approximate surface area is 205 Å². The summed E-state index contributed by atoms with van der Waals surface area (Å²) in [5.41, 5.74) is 4.23. The minimum Gasteiger partial charge on any atom is -0.453 e. The summed E-state index contributed by atoms with van der Waals surface area (Å²) < 4.78 is 11.5. The van der Waals surface area contributed by atoms with Crippen LogP contribution in [0.25, 0.3) is 10.8 Å². The van der Waals surface area contributed by atoms with E-state index >= 15 is 0 Å². The number of ether oxygens (including phenoxy) is 1. The predicted octanol–water partition coefficient (Wildman–Crippen LogP) is 5.34. The molecule has 0 radical (unpaired) electrons. The second-order valence-electron chi connectivity index (χ2n) is 8.41. The van der Waals surface area contributed by atoms with Crippen molar-refractivity contribution in [2.45, 2.75) is 26.2 Å². The summed E-state index contributed by atoms with van der Waals surface area (Å²) in [6.07, 6.45) is 1.92. The first-order valence-electron chi connectivity index (χ1n) is 11.4. The first kappa shape index (κ1) is 23.0. The molecule has 9 nitrogen and oxygen atoms in total. The lowest BCUT2D eigenvalue weighted by atomic mass is 9.93. The maximum Gasteiger partial charge on any atom is 0.379 e. The van der Waals surface area contributed by atoms with Crippen LogP contribution in [-0.2, 0) is 6.42 Å². The molecule has 0 bridgehead atoms. The number of non-ortho nitro benzene ring substituents is 1. The monoisotopic (exact) mass is 483 g/mol. The van der Waals surface area contributed by atoms with Crippen LogP contribution in [0.15, 0.2) is 76.2 Å². The van der Waals surface area contributed by atoms with Crippen LogP contribution in [0.5, 0.6) is 5.75 Å². The molecule has 3 aromatic carbocycles. The van der Waals surface area contributed by atoms with Gasteiger partial charge in [-0.1, -0.05) is 36.4 Å². The van der Waals surface area contributed by atoms with Crippen LogP contribution in [0, 0.1) is 17.0 Å². The highest BCUT2D eigenvalue weighted by Gasteiger charge is 2.29. The predicted molar refractivity (Wildman–Crippen MR) is 132 cm³/mol. The zero-order valence-electron chi connectivity index (χ0n) is 19.3. The number of hydrazone groups is 1. The molecule has 4 aromatic rings. The van der Waals surface area contributed by atoms with Gasteiger partial charge in [0.2, 0.25) is 5.76 Å². The van der Waals surface area contributed by atoms with Crippen LogP contribution < -0.4 is 10.2 Å². The summed E-state index contributed by atoms with van der Waals surface area (Å²) >= 11 is 0. The molecule has 1 heterocycles. The number of benzene rings is 3. The van der Waals surface area contributed by atoms with Crippen LogP contribution >= 0.6 is 0 Å². The SMILES string of the molecule is Cc1c(C(=O)Oc2ccc3ccccc3c2)oc2c1/C(=N/NC(=O)c1cccc([N+](=O)[O-])c1)CCC2. The molecule has 0 saturated carbocycles. The van der Waals surface area contributed by atoms with Crippen molar-refractivity contribution in [3.8, 4) is 5.75 Å². The molecule has 1 N–H and O–H groups in total. The molecule has 0 atom stereocenters. The Morgan fingerprint density at radius 2 is 1.83 bits per heavy atom. The smallest absolute Gasteiger partial charge is 0.379 e. The number of nitro groups is 1. The zero-order chi connectivity index (χ0) is 25.2. The van der Waals surface area contributed by atoms with E-state index in [1.54, 1.807) is 19.1 Å². The van der Waals surface area contributed by atoms with E-state index in [1.807, 2.05) is 30.3 Å². The molecular formula is C27H21N3O6. The van der Waals surface area contributed by atoms with E-state index in [9.17, 15) is 19.7 Å². The van der Waals surface area contributed by atoms with Gasteiger partial charge in [-0.2, -0.15) is 5.10 Å². The average molecular weight is 483 g/mol. The molecule has 0 spiro atoms. The van der Waals surface area contributed by atoms with Gasteiger partial charge in [0.15, 0.2) is 0 Å². The van der Waals surface area contributed by atoms with E-state index in [0.717, 1.165) is 17.2 Å². The van der Waals surface area contributed by atoms with E-state index in [2.05, 4.69) is 10.5 Å². The molecule has 1 aromatic heterocycles. The number of carbonyl (C=O) groups is 2. The Bertz CT molecular complexity index is 1550. The highest BCUT2D eigenvalue weighted by Crippen LogP contribution is 2.31. The Morgan fingerprint density at radius 3 is 2.64 bits per heavy atom. The summed E-state index contributed by atoms with van der Waals surface area (Å²) in [6, 6.07) is 18.6. The van der Waals surface area contributed by atoms with E-state index in [-0.39, 0.29) is 17.0 Å². The molecule has 5 rings (SSSR count). The van der Waals surface area contributed by atoms with Gasteiger partial charge < -0.3 is 9.15 Å². The number of nitrogens with one attached hydrogen (secondary N) is 1. The quantitative estimate of drug-likeness (QED) is 0.177. The van der Waals surface area contributed by atoms with Gasteiger partial charge in [-0.15, -0.1) is 0 Å². The zero-order valence-corrected chi connectivity index (χ0v) is 19.3. The standard InChI is InChI=1S/C27H21N3O6/c1-16-24-22(28-29-26(31)19-8-4-9-20(14-19)30(33)34)10-5-11-23(24)36-25(16)27(32)35-21-13-12-17-6-2-3-7-18(17)15-21/h2-4,6-9,12-15H,5,10-11H2,1H3,(H,29,31)/b28-22+. The van der Waals surface area contributed by atoms with E-state index in [0.29, 0.717) is 41.2 Å². The Hall–Kier alpha value is -4.79. The number of nitro benzene ring substituents is 1. The van der Waals surface area contributed by atoms with Crippen LogP contribution in [-0.4, -0.2) is 22.5 Å². The molecule has 0 fully saturated rings. The first-order chi connectivity index (χ1) is 17.4. The van der Waals surface area contributed by atoms with Gasteiger partial charge in [-0.05, 0) is 48.7 Å². The number of carbonyl (C=O) groups excluding carboxylic acids is 2. The number of amides is 1. The minimum absolute atomic E-state index is 0.0905. The number of aryl methyl sites for hydroxylation is 1. The van der Waals surface area contributed by atoms with Crippen LogP contribution in [0.1, 0.15) is 50.6 Å². The van der Waals surface area contributed by atoms with Crippen LogP contribution in [0.3, 0.4) is 0 Å². The van der Waals surface area contributed by atoms with Crippen molar-refractivity contribution in [2.75, 3.05) is 0 Å². The molecule has 0 unspecified atom stereocenters. The second kappa shape index (κ2) is 9.46. The molecule has 9 heteroatoms. The first-order valence-corrected chi connectivity index (χ1v) is 11.4. The molecule has 1 aliphatic carbocycles. The number of hydrogen-bond acceptors (Lipinski definition) is 7. The fourth-order valence-electron chi connectivity index (χ4n) is 4.30. The van der Waals surface area contributed by atoms with Crippen molar-refractivity contribution in [1.82, 2.24) is 5.43 Å². The number of fused-ring (bicyclic) bond motifs is 2. The summed E-state index contributed by atoms with van der Waals surface area (Å²) in [4.78, 5) is 35.9. The van der Waals surface area contributed by atoms with E-state index in [1.165, 1.54) is 24.3 Å². The lowest BCUT2D eigenvalue weighted by Gasteiger charge is -2.13. The summed E-state index contributed by atoms with van der Waals surface area (Å²) in [5, 5.41) is 17.2. The van der Waals surface area contributed by atoms with Gasteiger partial charge in [0.25, 0.3) is 11.6 Å². The van der Waals surface area contributed by atoms with E-state index in [4.69, 9.17) is 9.15 Å². The summed E-state index contributed by atoms with van der Waals surface area (Å²) in [5.74, 6) is -0.0847. The van der Waals surface area contributed by atoms with Gasteiger partial charge in [0, 0.05) is 35.2 Å². The van der Waals surface area contributed by atoms with Gasteiger partial charge >= 0.3 is 5.97 Å².